The average Bonchev–Trinajstić information content (AvgIpc) is 2.80. The van der Waals surface area contributed by atoms with Gasteiger partial charge in [0.1, 0.15) is 5.75 Å². The van der Waals surface area contributed by atoms with E-state index < -0.39 is 0 Å². The van der Waals surface area contributed by atoms with E-state index >= 15 is 0 Å². The Morgan fingerprint density at radius 1 is 1.40 bits per heavy atom. The van der Waals surface area contributed by atoms with E-state index in [4.69, 9.17) is 9.47 Å². The van der Waals surface area contributed by atoms with Crippen LogP contribution in [0.2, 0.25) is 0 Å². The highest BCUT2D eigenvalue weighted by atomic mass is 16.5. The minimum atomic E-state index is 0.199. The average molecular weight is 207 g/mol. The third-order valence-electron chi connectivity index (χ3n) is 2.44. The van der Waals surface area contributed by atoms with Gasteiger partial charge in [-0.1, -0.05) is 19.1 Å². The lowest BCUT2D eigenvalue weighted by atomic mass is 10.1. The van der Waals surface area contributed by atoms with Gasteiger partial charge in [-0.2, -0.15) is 0 Å². The van der Waals surface area contributed by atoms with E-state index in [-0.39, 0.29) is 6.10 Å². The predicted molar refractivity (Wildman–Crippen MR) is 58.9 cm³/mol. The lowest BCUT2D eigenvalue weighted by Crippen LogP contribution is -2.07. The summed E-state index contributed by atoms with van der Waals surface area (Å²) in [6, 6.07) is 8.16. The molecule has 0 bridgehead atoms. The van der Waals surface area contributed by atoms with Gasteiger partial charge in [0.25, 0.3) is 0 Å². The second-order valence-electron chi connectivity index (χ2n) is 3.67. The summed E-state index contributed by atoms with van der Waals surface area (Å²) >= 11 is 0. The van der Waals surface area contributed by atoms with Crippen LogP contribution in [0, 0.1) is 0 Å². The fourth-order valence-corrected chi connectivity index (χ4v) is 1.62. The Kier molecular flexibility index (Phi) is 3.59. The Hall–Kier alpha value is -1.06. The van der Waals surface area contributed by atoms with Crippen LogP contribution in [-0.4, -0.2) is 19.9 Å². The molecule has 2 rings (SSSR count). The van der Waals surface area contributed by atoms with E-state index in [1.807, 2.05) is 12.1 Å². The molecule has 1 N–H and O–H groups in total. The van der Waals surface area contributed by atoms with Crippen LogP contribution in [0.25, 0.3) is 0 Å². The van der Waals surface area contributed by atoms with Crippen LogP contribution < -0.4 is 10.1 Å². The largest absolute Gasteiger partial charge is 0.494 e. The molecule has 1 unspecified atom stereocenters. The topological polar surface area (TPSA) is 30.5 Å². The van der Waals surface area contributed by atoms with Crippen LogP contribution in [0.15, 0.2) is 24.3 Å². The maximum absolute atomic E-state index is 5.52. The molecule has 15 heavy (non-hydrogen) atoms. The summed E-state index contributed by atoms with van der Waals surface area (Å²) in [5, 5.41) is 3.17. The van der Waals surface area contributed by atoms with E-state index in [0.717, 1.165) is 25.3 Å². The molecule has 1 atom stereocenters. The van der Waals surface area contributed by atoms with Crippen molar-refractivity contribution >= 4 is 0 Å². The zero-order chi connectivity index (χ0) is 10.5. The van der Waals surface area contributed by atoms with E-state index in [0.29, 0.717) is 6.73 Å². The van der Waals surface area contributed by atoms with Crippen molar-refractivity contribution in [1.82, 2.24) is 5.32 Å². The zero-order valence-corrected chi connectivity index (χ0v) is 9.03. The van der Waals surface area contributed by atoms with Gasteiger partial charge in [0, 0.05) is 6.54 Å². The Bertz CT molecular complexity index is 291. The van der Waals surface area contributed by atoms with Crippen molar-refractivity contribution in [3.05, 3.63) is 29.8 Å². The lowest BCUT2D eigenvalue weighted by Gasteiger charge is -2.10. The summed E-state index contributed by atoms with van der Waals surface area (Å²) in [4.78, 5) is 0. The third-order valence-corrected chi connectivity index (χ3v) is 2.44. The van der Waals surface area contributed by atoms with Gasteiger partial charge in [0.2, 0.25) is 0 Å². The van der Waals surface area contributed by atoms with Crippen LogP contribution in [0.3, 0.4) is 0 Å². The van der Waals surface area contributed by atoms with E-state index in [1.165, 1.54) is 5.56 Å². The summed E-state index contributed by atoms with van der Waals surface area (Å²) in [6.45, 7) is 4.43. The van der Waals surface area contributed by atoms with Gasteiger partial charge < -0.3 is 9.47 Å². The molecule has 0 spiro atoms. The molecular formula is C12H17NO2. The van der Waals surface area contributed by atoms with Gasteiger partial charge in [0.15, 0.2) is 0 Å². The van der Waals surface area contributed by atoms with Gasteiger partial charge >= 0.3 is 0 Å². The maximum atomic E-state index is 5.52. The molecule has 1 fully saturated rings. The van der Waals surface area contributed by atoms with Crippen molar-refractivity contribution < 1.29 is 9.47 Å². The molecule has 0 amide bonds. The van der Waals surface area contributed by atoms with Crippen molar-refractivity contribution in [2.24, 2.45) is 0 Å². The molecule has 1 aliphatic heterocycles. The van der Waals surface area contributed by atoms with Crippen molar-refractivity contribution in [2.75, 3.05) is 19.9 Å². The quantitative estimate of drug-likeness (QED) is 0.820. The molecule has 1 heterocycles. The molecular weight excluding hydrogens is 190 g/mol. The fraction of sp³-hybridized carbons (Fsp3) is 0.500. The molecule has 1 aromatic carbocycles. The van der Waals surface area contributed by atoms with Gasteiger partial charge in [0.05, 0.1) is 19.4 Å². The Morgan fingerprint density at radius 2 is 2.20 bits per heavy atom. The highest BCUT2D eigenvalue weighted by Crippen LogP contribution is 2.22. The van der Waals surface area contributed by atoms with E-state index in [9.17, 15) is 0 Å². The first-order chi connectivity index (χ1) is 7.40. The first-order valence-corrected chi connectivity index (χ1v) is 5.45. The van der Waals surface area contributed by atoms with Crippen LogP contribution >= 0.6 is 0 Å². The van der Waals surface area contributed by atoms with Gasteiger partial charge in [-0.25, -0.2) is 0 Å². The number of hydrogen-bond acceptors (Lipinski definition) is 3. The number of benzene rings is 1. The molecule has 82 valence electrons. The summed E-state index contributed by atoms with van der Waals surface area (Å²) in [5.74, 6) is 0.937. The van der Waals surface area contributed by atoms with Crippen LogP contribution in [-0.2, 0) is 4.74 Å². The minimum absolute atomic E-state index is 0.199. The van der Waals surface area contributed by atoms with Crippen LogP contribution in [0.1, 0.15) is 25.0 Å². The Labute approximate surface area is 90.4 Å². The van der Waals surface area contributed by atoms with Gasteiger partial charge in [-0.15, -0.1) is 0 Å². The molecule has 3 heteroatoms. The highest BCUT2D eigenvalue weighted by Gasteiger charge is 2.16. The normalized spacial score (nSPS) is 20.5. The molecule has 0 saturated carbocycles. The zero-order valence-electron chi connectivity index (χ0n) is 9.03. The molecule has 0 radical (unpaired) electrons. The van der Waals surface area contributed by atoms with Gasteiger partial charge in [-0.05, 0) is 24.1 Å². The predicted octanol–water partition coefficient (Wildman–Crippen LogP) is 2.09. The molecule has 1 aliphatic rings. The summed E-state index contributed by atoms with van der Waals surface area (Å²) in [7, 11) is 0. The maximum Gasteiger partial charge on any atom is 0.119 e. The molecule has 0 aliphatic carbocycles. The SMILES string of the molecule is CCCOc1ccc(C2CNCO2)cc1. The van der Waals surface area contributed by atoms with Crippen molar-refractivity contribution in [3.8, 4) is 5.75 Å². The minimum Gasteiger partial charge on any atom is -0.494 e. The number of hydrogen-bond donors (Lipinski definition) is 1. The van der Waals surface area contributed by atoms with Crippen LogP contribution in [0.5, 0.6) is 5.75 Å². The molecule has 1 saturated heterocycles. The highest BCUT2D eigenvalue weighted by molar-refractivity contribution is 5.29. The Balaban J connectivity index is 1.96. The summed E-state index contributed by atoms with van der Waals surface area (Å²) in [6.07, 6.45) is 1.24. The van der Waals surface area contributed by atoms with Crippen LogP contribution in [0.4, 0.5) is 0 Å². The first-order valence-electron chi connectivity index (χ1n) is 5.45. The molecule has 0 aromatic heterocycles. The smallest absolute Gasteiger partial charge is 0.119 e. The summed E-state index contributed by atoms with van der Waals surface area (Å²) < 4.78 is 11.0. The number of rotatable bonds is 4. The van der Waals surface area contributed by atoms with Crippen molar-refractivity contribution in [2.45, 2.75) is 19.4 Å². The fourth-order valence-electron chi connectivity index (χ4n) is 1.62. The summed E-state index contributed by atoms with van der Waals surface area (Å²) in [5.41, 5.74) is 1.21. The number of nitrogens with one attached hydrogen (secondary N) is 1. The second kappa shape index (κ2) is 5.14. The lowest BCUT2D eigenvalue weighted by molar-refractivity contribution is 0.114. The Morgan fingerprint density at radius 3 is 2.80 bits per heavy atom. The monoisotopic (exact) mass is 207 g/mol. The third kappa shape index (κ3) is 2.70. The number of ether oxygens (including phenoxy) is 2. The van der Waals surface area contributed by atoms with Gasteiger partial charge in [-0.3, -0.25) is 5.32 Å². The van der Waals surface area contributed by atoms with Crippen molar-refractivity contribution in [1.29, 1.82) is 0 Å². The van der Waals surface area contributed by atoms with E-state index in [1.54, 1.807) is 0 Å². The first kappa shape index (κ1) is 10.5. The second-order valence-corrected chi connectivity index (χ2v) is 3.67. The van der Waals surface area contributed by atoms with Crippen molar-refractivity contribution in [3.63, 3.8) is 0 Å². The molecule has 1 aromatic rings. The standard InChI is InChI=1S/C12H17NO2/c1-2-7-14-11-5-3-10(4-6-11)12-8-13-9-15-12/h3-6,12-13H,2,7-9H2,1H3. The van der Waals surface area contributed by atoms with E-state index in [2.05, 4.69) is 24.4 Å². The molecule has 3 nitrogen and oxygen atoms in total.